The van der Waals surface area contributed by atoms with Crippen molar-refractivity contribution in [2.75, 3.05) is 11.4 Å². The standard InChI is InChI=1S/C14H12F6N2O/c15-13(16,17)10-6-9(4-3-8(10)7-21)22-5-1-2-11(22)12(23)14(18,19)20/h3-4,6,11-12,23H,1-2,5H2. The number of aliphatic hydroxyl groups excluding tert-OH is 1. The van der Waals surface area contributed by atoms with Crippen LogP contribution in [0.1, 0.15) is 24.0 Å². The summed E-state index contributed by atoms with van der Waals surface area (Å²) in [5.74, 6) is 0. The third-order valence-corrected chi connectivity index (χ3v) is 3.76. The number of hydrogen-bond donors (Lipinski definition) is 1. The normalized spacial score (nSPS) is 20.4. The maximum atomic E-state index is 12.9. The Morgan fingerprint density at radius 1 is 1.22 bits per heavy atom. The average molecular weight is 338 g/mol. The number of anilines is 1. The molecule has 1 aliphatic heterocycles. The van der Waals surface area contributed by atoms with Crippen LogP contribution in [0.25, 0.3) is 0 Å². The molecule has 1 aliphatic rings. The summed E-state index contributed by atoms with van der Waals surface area (Å²) in [4.78, 5) is 1.11. The van der Waals surface area contributed by atoms with Gasteiger partial charge in [0.25, 0.3) is 0 Å². The topological polar surface area (TPSA) is 47.3 Å². The van der Waals surface area contributed by atoms with E-state index in [4.69, 9.17) is 5.26 Å². The largest absolute Gasteiger partial charge is 0.417 e. The van der Waals surface area contributed by atoms with Crippen LogP contribution < -0.4 is 4.90 Å². The molecule has 0 radical (unpaired) electrons. The summed E-state index contributed by atoms with van der Waals surface area (Å²) in [7, 11) is 0. The molecule has 1 aromatic rings. The van der Waals surface area contributed by atoms with Gasteiger partial charge >= 0.3 is 12.4 Å². The highest BCUT2D eigenvalue weighted by Crippen LogP contribution is 2.38. The van der Waals surface area contributed by atoms with E-state index in [-0.39, 0.29) is 18.7 Å². The monoisotopic (exact) mass is 338 g/mol. The van der Waals surface area contributed by atoms with Crippen molar-refractivity contribution in [2.45, 2.75) is 37.3 Å². The summed E-state index contributed by atoms with van der Waals surface area (Å²) < 4.78 is 76.9. The predicted octanol–water partition coefficient (Wildman–Crippen LogP) is 3.47. The molecule has 3 nitrogen and oxygen atoms in total. The van der Waals surface area contributed by atoms with E-state index in [1.54, 1.807) is 0 Å². The number of nitriles is 1. The number of alkyl halides is 6. The van der Waals surface area contributed by atoms with Crippen LogP contribution >= 0.6 is 0 Å². The molecular weight excluding hydrogens is 326 g/mol. The van der Waals surface area contributed by atoms with Gasteiger partial charge in [-0.2, -0.15) is 31.6 Å². The zero-order valence-electron chi connectivity index (χ0n) is 11.6. The van der Waals surface area contributed by atoms with Crippen molar-refractivity contribution in [2.24, 2.45) is 0 Å². The van der Waals surface area contributed by atoms with Crippen LogP contribution in [0, 0.1) is 11.3 Å². The zero-order chi connectivity index (χ0) is 17.4. The van der Waals surface area contributed by atoms with E-state index < -0.39 is 35.6 Å². The molecule has 0 saturated carbocycles. The Kier molecular flexibility index (Phi) is 4.48. The molecule has 1 N–H and O–H groups in total. The van der Waals surface area contributed by atoms with Gasteiger partial charge in [0.15, 0.2) is 6.10 Å². The predicted molar refractivity (Wildman–Crippen MR) is 68.6 cm³/mol. The Labute approximate surface area is 127 Å². The van der Waals surface area contributed by atoms with Crippen molar-refractivity contribution in [3.05, 3.63) is 29.3 Å². The molecular formula is C14H12F6N2O. The molecule has 1 fully saturated rings. The maximum absolute atomic E-state index is 12.9. The number of benzene rings is 1. The third-order valence-electron chi connectivity index (χ3n) is 3.76. The molecule has 0 aliphatic carbocycles. The van der Waals surface area contributed by atoms with Crippen LogP contribution in [0.15, 0.2) is 18.2 Å². The first-order chi connectivity index (χ1) is 10.6. The summed E-state index contributed by atoms with van der Waals surface area (Å²) in [6.45, 7) is 0.0982. The molecule has 0 aromatic heterocycles. The van der Waals surface area contributed by atoms with E-state index in [1.165, 1.54) is 6.07 Å². The minimum absolute atomic E-state index is 0.0159. The van der Waals surface area contributed by atoms with Gasteiger partial charge in [-0.15, -0.1) is 0 Å². The first-order valence-corrected chi connectivity index (χ1v) is 6.68. The van der Waals surface area contributed by atoms with E-state index in [0.29, 0.717) is 12.5 Å². The second kappa shape index (κ2) is 5.92. The summed E-state index contributed by atoms with van der Waals surface area (Å²) in [6, 6.07) is 2.81. The number of aliphatic hydroxyl groups is 1. The molecule has 2 atom stereocenters. The van der Waals surface area contributed by atoms with Crippen molar-refractivity contribution in [1.82, 2.24) is 0 Å². The van der Waals surface area contributed by atoms with Crippen LogP contribution in [-0.4, -0.2) is 30.0 Å². The van der Waals surface area contributed by atoms with Crippen molar-refractivity contribution in [1.29, 1.82) is 5.26 Å². The van der Waals surface area contributed by atoms with Crippen LogP contribution in [0.5, 0.6) is 0 Å². The SMILES string of the molecule is N#Cc1ccc(N2CCCC2C(O)C(F)(F)F)cc1C(F)(F)F. The Bertz CT molecular complexity index is 619. The lowest BCUT2D eigenvalue weighted by atomic mass is 10.0. The van der Waals surface area contributed by atoms with Gasteiger partial charge in [-0.1, -0.05) is 0 Å². The van der Waals surface area contributed by atoms with Gasteiger partial charge in [0.05, 0.1) is 23.2 Å². The highest BCUT2D eigenvalue weighted by Gasteiger charge is 2.47. The van der Waals surface area contributed by atoms with E-state index in [1.807, 2.05) is 0 Å². The minimum atomic E-state index is -4.85. The van der Waals surface area contributed by atoms with Gasteiger partial charge < -0.3 is 10.0 Å². The van der Waals surface area contributed by atoms with E-state index in [0.717, 1.165) is 17.0 Å². The van der Waals surface area contributed by atoms with Gasteiger partial charge in [0.1, 0.15) is 0 Å². The van der Waals surface area contributed by atoms with Crippen molar-refractivity contribution in [3.8, 4) is 6.07 Å². The molecule has 2 unspecified atom stereocenters. The van der Waals surface area contributed by atoms with Crippen LogP contribution in [0.4, 0.5) is 32.0 Å². The molecule has 23 heavy (non-hydrogen) atoms. The Hall–Kier alpha value is -1.95. The Balaban J connectivity index is 2.40. The first-order valence-electron chi connectivity index (χ1n) is 6.68. The lowest BCUT2D eigenvalue weighted by Crippen LogP contribution is -2.47. The maximum Gasteiger partial charge on any atom is 0.417 e. The zero-order valence-corrected chi connectivity index (χ0v) is 11.6. The average Bonchev–Trinajstić information content (AvgIpc) is 2.93. The molecule has 0 spiro atoms. The lowest BCUT2D eigenvalue weighted by Gasteiger charge is -2.31. The fraction of sp³-hybridized carbons (Fsp3) is 0.500. The first kappa shape index (κ1) is 17.4. The summed E-state index contributed by atoms with van der Waals surface area (Å²) in [5.41, 5.74) is -1.90. The van der Waals surface area contributed by atoms with E-state index in [2.05, 4.69) is 0 Å². The quantitative estimate of drug-likeness (QED) is 0.840. The fourth-order valence-corrected chi connectivity index (χ4v) is 2.70. The minimum Gasteiger partial charge on any atom is -0.382 e. The fourth-order valence-electron chi connectivity index (χ4n) is 2.70. The van der Waals surface area contributed by atoms with Crippen molar-refractivity contribution in [3.63, 3.8) is 0 Å². The second-order valence-electron chi connectivity index (χ2n) is 5.23. The highest BCUT2D eigenvalue weighted by atomic mass is 19.4. The highest BCUT2D eigenvalue weighted by molar-refractivity contribution is 5.56. The lowest BCUT2D eigenvalue weighted by molar-refractivity contribution is -0.209. The van der Waals surface area contributed by atoms with E-state index >= 15 is 0 Å². The van der Waals surface area contributed by atoms with Crippen LogP contribution in [0.3, 0.4) is 0 Å². The number of rotatable bonds is 2. The van der Waals surface area contributed by atoms with Crippen LogP contribution in [-0.2, 0) is 6.18 Å². The molecule has 2 rings (SSSR count). The smallest absolute Gasteiger partial charge is 0.382 e. The Morgan fingerprint density at radius 2 is 1.87 bits per heavy atom. The van der Waals surface area contributed by atoms with Gasteiger partial charge in [0.2, 0.25) is 0 Å². The molecule has 1 heterocycles. The van der Waals surface area contributed by atoms with Gasteiger partial charge in [-0.3, -0.25) is 0 Å². The van der Waals surface area contributed by atoms with Crippen LogP contribution in [0.2, 0.25) is 0 Å². The summed E-state index contributed by atoms with van der Waals surface area (Å²) in [5, 5.41) is 18.1. The third kappa shape index (κ3) is 3.52. The van der Waals surface area contributed by atoms with Gasteiger partial charge in [0, 0.05) is 12.2 Å². The molecule has 126 valence electrons. The molecule has 1 aromatic carbocycles. The number of halogens is 6. The number of nitrogens with zero attached hydrogens (tertiary/aromatic N) is 2. The van der Waals surface area contributed by atoms with Gasteiger partial charge in [-0.05, 0) is 31.0 Å². The van der Waals surface area contributed by atoms with Crippen molar-refractivity contribution < 1.29 is 31.4 Å². The number of hydrogen-bond acceptors (Lipinski definition) is 3. The Morgan fingerprint density at radius 3 is 2.39 bits per heavy atom. The molecule has 1 saturated heterocycles. The van der Waals surface area contributed by atoms with Gasteiger partial charge in [-0.25, -0.2) is 0 Å². The second-order valence-corrected chi connectivity index (χ2v) is 5.23. The molecule has 9 heteroatoms. The summed E-state index contributed by atoms with van der Waals surface area (Å²) >= 11 is 0. The summed E-state index contributed by atoms with van der Waals surface area (Å²) in [6.07, 6.45) is -12.0. The van der Waals surface area contributed by atoms with Crippen molar-refractivity contribution >= 4 is 5.69 Å². The molecule has 0 amide bonds. The molecule has 0 bridgehead atoms. The van der Waals surface area contributed by atoms with E-state index in [9.17, 15) is 31.4 Å².